The molecule has 4 saturated carbocycles. The second-order valence-electron chi connectivity index (χ2n) is 13.4. The summed E-state index contributed by atoms with van der Waals surface area (Å²) in [6.45, 7) is 11.6. The zero-order chi connectivity index (χ0) is 28.9. The third kappa shape index (κ3) is 4.96. The van der Waals surface area contributed by atoms with Gasteiger partial charge in [-0.25, -0.2) is 0 Å². The molecule has 0 aromatic rings. The van der Waals surface area contributed by atoms with Gasteiger partial charge in [-0.3, -0.25) is 19.2 Å². The first kappa shape index (κ1) is 30.1. The van der Waals surface area contributed by atoms with Gasteiger partial charge in [0.1, 0.15) is 18.0 Å². The molecule has 7 nitrogen and oxygen atoms in total. The van der Waals surface area contributed by atoms with Crippen LogP contribution in [0.2, 0.25) is 5.82 Å². The number of fused-ring (bicyclic) bond motifs is 5. The van der Waals surface area contributed by atoms with Crippen molar-refractivity contribution in [2.75, 3.05) is 7.11 Å². The van der Waals surface area contributed by atoms with E-state index in [1.165, 1.54) is 21.0 Å². The zero-order valence-electron chi connectivity index (χ0n) is 24.9. The number of methoxy groups -OCH3 is 1. The van der Waals surface area contributed by atoms with E-state index in [0.29, 0.717) is 19.3 Å². The summed E-state index contributed by atoms with van der Waals surface area (Å²) in [5.41, 5.74) is -0.853. The summed E-state index contributed by atoms with van der Waals surface area (Å²) in [5, 5.41) is 0. The van der Waals surface area contributed by atoms with Crippen molar-refractivity contribution >= 4 is 31.5 Å². The van der Waals surface area contributed by atoms with Crippen LogP contribution < -0.4 is 0 Å². The van der Waals surface area contributed by atoms with Gasteiger partial charge in [0.25, 0.3) is 0 Å². The molecule has 4 aliphatic rings. The van der Waals surface area contributed by atoms with Crippen LogP contribution in [0.3, 0.4) is 0 Å². The topological polar surface area (TPSA) is 96.0 Å². The highest BCUT2D eigenvalue weighted by molar-refractivity contribution is 6.26. The van der Waals surface area contributed by atoms with Crippen molar-refractivity contribution in [3.63, 3.8) is 0 Å². The first-order valence-electron chi connectivity index (χ1n) is 15.0. The van der Waals surface area contributed by atoms with E-state index in [9.17, 15) is 19.2 Å². The smallest absolute Gasteiger partial charge is 0.305 e. The molecule has 39 heavy (non-hydrogen) atoms. The van der Waals surface area contributed by atoms with E-state index in [0.717, 1.165) is 32.1 Å². The third-order valence-electron chi connectivity index (χ3n) is 11.7. The minimum Gasteiger partial charge on any atom is -0.469 e. The molecule has 0 saturated heterocycles. The Hall–Kier alpha value is -1.86. The molecule has 0 aliphatic heterocycles. The van der Waals surface area contributed by atoms with Gasteiger partial charge in [-0.2, -0.15) is 0 Å². The normalized spacial score (nSPS) is 43.9. The fourth-order valence-electron chi connectivity index (χ4n) is 10.1. The molecule has 0 amide bonds. The van der Waals surface area contributed by atoms with Crippen LogP contribution in [0.5, 0.6) is 0 Å². The van der Waals surface area contributed by atoms with Gasteiger partial charge >= 0.3 is 17.9 Å². The lowest BCUT2D eigenvalue weighted by Crippen LogP contribution is -2.66. The van der Waals surface area contributed by atoms with Crippen molar-refractivity contribution < 1.29 is 33.4 Å². The van der Waals surface area contributed by atoms with E-state index in [-0.39, 0.29) is 82.7 Å². The molecular weight excluding hydrogens is 495 g/mol. The van der Waals surface area contributed by atoms with Gasteiger partial charge in [-0.15, -0.1) is 0 Å². The highest BCUT2D eigenvalue weighted by atomic mass is 16.5. The molecule has 0 aromatic carbocycles. The van der Waals surface area contributed by atoms with Crippen molar-refractivity contribution in [3.8, 4) is 0 Å². The molecular formula is C31H47BO7. The van der Waals surface area contributed by atoms with Crippen LogP contribution in [0.1, 0.15) is 92.9 Å². The Morgan fingerprint density at radius 1 is 1.05 bits per heavy atom. The van der Waals surface area contributed by atoms with E-state index in [1.54, 1.807) is 0 Å². The number of ketones is 1. The zero-order valence-corrected chi connectivity index (χ0v) is 24.9. The minimum absolute atomic E-state index is 0.0131. The summed E-state index contributed by atoms with van der Waals surface area (Å²) >= 11 is 0. The number of hydrogen-bond donors (Lipinski definition) is 0. The number of ether oxygens (including phenoxy) is 3. The number of carbonyl (C=O) groups excluding carboxylic acids is 4. The molecule has 0 aromatic heterocycles. The minimum atomic E-state index is -0.654. The van der Waals surface area contributed by atoms with Crippen LogP contribution in [0.15, 0.2) is 0 Å². The van der Waals surface area contributed by atoms with Crippen LogP contribution in [-0.4, -0.2) is 50.9 Å². The molecule has 4 aliphatic carbocycles. The molecule has 0 spiro atoms. The van der Waals surface area contributed by atoms with Gasteiger partial charge in [0.05, 0.1) is 15.0 Å². The number of rotatable bonds is 7. The van der Waals surface area contributed by atoms with Gasteiger partial charge < -0.3 is 14.2 Å². The van der Waals surface area contributed by atoms with Crippen LogP contribution in [-0.2, 0) is 33.4 Å². The largest absolute Gasteiger partial charge is 0.469 e. The van der Waals surface area contributed by atoms with Crippen molar-refractivity contribution in [1.29, 1.82) is 0 Å². The summed E-state index contributed by atoms with van der Waals surface area (Å²) in [4.78, 5) is 50.6. The first-order valence-corrected chi connectivity index (χ1v) is 15.0. The lowest BCUT2D eigenvalue weighted by atomic mass is 9.36. The van der Waals surface area contributed by atoms with Crippen molar-refractivity contribution in [1.82, 2.24) is 0 Å². The number of esters is 3. The monoisotopic (exact) mass is 542 g/mol. The average molecular weight is 543 g/mol. The maximum Gasteiger partial charge on any atom is 0.305 e. The van der Waals surface area contributed by atoms with Crippen molar-refractivity contribution in [2.24, 2.45) is 52.3 Å². The third-order valence-corrected chi connectivity index (χ3v) is 11.7. The molecule has 0 heterocycles. The molecule has 4 fully saturated rings. The molecule has 0 N–H and O–H groups in total. The fraction of sp³-hybridized carbons (Fsp3) is 0.871. The molecule has 2 radical (unpaired) electrons. The van der Waals surface area contributed by atoms with E-state index in [4.69, 9.17) is 22.1 Å². The molecule has 4 rings (SSSR count). The maximum absolute atomic E-state index is 14.4. The molecule has 8 heteroatoms. The van der Waals surface area contributed by atoms with Crippen LogP contribution >= 0.6 is 0 Å². The van der Waals surface area contributed by atoms with E-state index >= 15 is 0 Å². The predicted molar refractivity (Wildman–Crippen MR) is 147 cm³/mol. The maximum atomic E-state index is 14.4. The Morgan fingerprint density at radius 3 is 2.31 bits per heavy atom. The lowest BCUT2D eigenvalue weighted by molar-refractivity contribution is -0.215. The Kier molecular flexibility index (Phi) is 8.64. The van der Waals surface area contributed by atoms with E-state index < -0.39 is 11.2 Å². The number of carbonyl (C=O) groups is 4. The Morgan fingerprint density at radius 2 is 1.72 bits per heavy atom. The highest BCUT2D eigenvalue weighted by Crippen LogP contribution is 2.71. The fourth-order valence-corrected chi connectivity index (χ4v) is 10.1. The quantitative estimate of drug-likeness (QED) is 0.251. The summed E-state index contributed by atoms with van der Waals surface area (Å²) in [6.07, 6.45) is 5.38. The standard InChI is InChI=1S/C31H47BO7/c1-8-20-23-15-19(38-17(3)33)13-14-30(23,5)26-25(28(20)39-18(4)34)22-11-10-21(16(2)9-12-24(35)37-7)31(22,6)29(36)27(26)32/h16,19-23,25-28H,8-15H2,1-7H3/t16-,19-,20-,21-,22?,23+,25?,26?,27+,28-,30+,31-/m1/s1. The Labute approximate surface area is 235 Å². The van der Waals surface area contributed by atoms with E-state index in [2.05, 4.69) is 27.7 Å². The van der Waals surface area contributed by atoms with Crippen LogP contribution in [0, 0.1) is 52.3 Å². The number of Topliss-reactive ketones (excluding diaryl/α,β-unsaturated/α-hetero) is 1. The summed E-state index contributed by atoms with van der Waals surface area (Å²) in [7, 11) is 8.42. The second-order valence-corrected chi connectivity index (χ2v) is 13.4. The Balaban J connectivity index is 1.75. The SMILES string of the molecule is [B][C@@H]1C(=O)[C@@]2(C)C(CC[C@@H]2[C@H](C)CCC(=O)OC)C2C1[C@@]1(C)CC[C@@H](OC(C)=O)C[C@H]1[C@@H](CC)[C@H]2OC(C)=O. The second kappa shape index (κ2) is 11.2. The highest BCUT2D eigenvalue weighted by Gasteiger charge is 2.70. The Bertz CT molecular complexity index is 982. The van der Waals surface area contributed by atoms with Gasteiger partial charge in [0, 0.05) is 31.6 Å². The summed E-state index contributed by atoms with van der Waals surface area (Å²) < 4.78 is 16.8. The van der Waals surface area contributed by atoms with Gasteiger partial charge in [0.2, 0.25) is 0 Å². The van der Waals surface area contributed by atoms with Gasteiger partial charge in [0.15, 0.2) is 0 Å². The van der Waals surface area contributed by atoms with Crippen LogP contribution in [0.25, 0.3) is 0 Å². The lowest BCUT2D eigenvalue weighted by Gasteiger charge is -2.66. The molecule has 3 unspecified atom stereocenters. The molecule has 12 atom stereocenters. The summed E-state index contributed by atoms with van der Waals surface area (Å²) in [6, 6.07) is 0. The van der Waals surface area contributed by atoms with E-state index in [1.807, 2.05) is 0 Å². The first-order chi connectivity index (χ1) is 18.3. The number of hydrogen-bond acceptors (Lipinski definition) is 7. The van der Waals surface area contributed by atoms with Gasteiger partial charge in [-0.05, 0) is 91.7 Å². The van der Waals surface area contributed by atoms with Crippen LogP contribution in [0.4, 0.5) is 0 Å². The van der Waals surface area contributed by atoms with Crippen molar-refractivity contribution in [3.05, 3.63) is 0 Å². The summed E-state index contributed by atoms with van der Waals surface area (Å²) in [5.74, 6) is -0.915. The van der Waals surface area contributed by atoms with Crippen molar-refractivity contribution in [2.45, 2.75) is 111 Å². The molecule has 216 valence electrons. The predicted octanol–water partition coefficient (Wildman–Crippen LogP) is 5.09. The van der Waals surface area contributed by atoms with Gasteiger partial charge in [-0.1, -0.05) is 27.7 Å². The molecule has 0 bridgehead atoms. The average Bonchev–Trinajstić information content (AvgIpc) is 3.23.